The van der Waals surface area contributed by atoms with Gasteiger partial charge in [0.2, 0.25) is 0 Å². The molecule has 0 saturated carbocycles. The molecule has 0 aliphatic carbocycles. The molecule has 1 aromatic heterocycles. The summed E-state index contributed by atoms with van der Waals surface area (Å²) >= 11 is 0. The van der Waals surface area contributed by atoms with Crippen molar-refractivity contribution in [1.82, 2.24) is 10.3 Å². The van der Waals surface area contributed by atoms with E-state index >= 15 is 0 Å². The van der Waals surface area contributed by atoms with Gasteiger partial charge in [0.05, 0.1) is 11.7 Å². The van der Waals surface area contributed by atoms with E-state index in [1.54, 1.807) is 0 Å². The normalized spacial score (nSPS) is 12.4. The summed E-state index contributed by atoms with van der Waals surface area (Å²) in [6.07, 6.45) is 2.21. The summed E-state index contributed by atoms with van der Waals surface area (Å²) in [6, 6.07) is 4.85. The zero-order chi connectivity index (χ0) is 15.4. The maximum atomic E-state index is 14.2. The maximum Gasteiger partial charge on any atom is 0.164 e. The molecule has 0 bridgehead atoms. The van der Waals surface area contributed by atoms with Crippen molar-refractivity contribution in [3.05, 3.63) is 64.7 Å². The number of hydrogen-bond donors (Lipinski definition) is 1. The van der Waals surface area contributed by atoms with Gasteiger partial charge in [-0.1, -0.05) is 19.1 Å². The largest absolute Gasteiger partial charge is 0.305 e. The van der Waals surface area contributed by atoms with Crippen LogP contribution in [0.15, 0.2) is 30.5 Å². The maximum absolute atomic E-state index is 14.2. The van der Waals surface area contributed by atoms with Gasteiger partial charge in [-0.05, 0) is 37.6 Å². The Bertz CT molecular complexity index is 629. The second-order valence-electron chi connectivity index (χ2n) is 4.86. The Morgan fingerprint density at radius 3 is 2.57 bits per heavy atom. The molecule has 0 aliphatic heterocycles. The first kappa shape index (κ1) is 15.5. The lowest BCUT2D eigenvalue weighted by Crippen LogP contribution is -2.26. The molecular weight excluding hydrogens is 277 g/mol. The molecule has 1 aromatic carbocycles. The smallest absolute Gasteiger partial charge is 0.164 e. The van der Waals surface area contributed by atoms with E-state index in [1.165, 1.54) is 37.4 Å². The van der Waals surface area contributed by atoms with Crippen molar-refractivity contribution in [2.45, 2.75) is 26.3 Å². The van der Waals surface area contributed by atoms with Crippen molar-refractivity contribution in [3.63, 3.8) is 0 Å². The lowest BCUT2D eigenvalue weighted by atomic mass is 10.00. The average Bonchev–Trinajstić information content (AvgIpc) is 2.48. The predicted molar refractivity (Wildman–Crippen MR) is 75.4 cm³/mol. The number of nitrogens with zero attached hydrogens (tertiary/aromatic N) is 1. The molecule has 1 atom stereocenters. The number of aryl methyl sites for hydroxylation is 1. The summed E-state index contributed by atoms with van der Waals surface area (Å²) < 4.78 is 41.9. The molecule has 2 nitrogen and oxygen atoms in total. The number of aromatic nitrogens is 1. The summed E-state index contributed by atoms with van der Waals surface area (Å²) in [5, 5.41) is 3.02. The van der Waals surface area contributed by atoms with E-state index in [9.17, 15) is 13.2 Å². The van der Waals surface area contributed by atoms with Crippen molar-refractivity contribution in [3.8, 4) is 0 Å². The van der Waals surface area contributed by atoms with E-state index in [0.29, 0.717) is 6.54 Å². The SMILES string of the molecule is CCCNC(c1ccc(C)c(F)c1F)c1ncccc1F. The molecule has 5 heteroatoms. The van der Waals surface area contributed by atoms with Crippen LogP contribution in [-0.4, -0.2) is 11.5 Å². The fourth-order valence-electron chi connectivity index (χ4n) is 2.14. The predicted octanol–water partition coefficient (Wildman–Crippen LogP) is 3.90. The average molecular weight is 294 g/mol. The third-order valence-corrected chi connectivity index (χ3v) is 3.28. The zero-order valence-corrected chi connectivity index (χ0v) is 12.0. The van der Waals surface area contributed by atoms with Crippen LogP contribution < -0.4 is 5.32 Å². The number of pyridine rings is 1. The highest BCUT2D eigenvalue weighted by Gasteiger charge is 2.24. The highest BCUT2D eigenvalue weighted by molar-refractivity contribution is 5.33. The molecule has 0 fully saturated rings. The monoisotopic (exact) mass is 294 g/mol. The van der Waals surface area contributed by atoms with E-state index in [0.717, 1.165) is 6.42 Å². The second-order valence-corrected chi connectivity index (χ2v) is 4.86. The minimum atomic E-state index is -0.964. The Labute approximate surface area is 122 Å². The first-order chi connectivity index (χ1) is 10.1. The standard InChI is InChI=1S/C16H17F3N2/c1-3-8-20-15(16-12(17)5-4-9-21-16)11-7-6-10(2)13(18)14(11)19/h4-7,9,15,20H,3,8H2,1-2H3. The van der Waals surface area contributed by atoms with Gasteiger partial charge in [0.25, 0.3) is 0 Å². The van der Waals surface area contributed by atoms with Crippen LogP contribution in [0.25, 0.3) is 0 Å². The van der Waals surface area contributed by atoms with Crippen molar-refractivity contribution >= 4 is 0 Å². The zero-order valence-electron chi connectivity index (χ0n) is 12.0. The van der Waals surface area contributed by atoms with Gasteiger partial charge in [0.15, 0.2) is 11.6 Å². The molecule has 0 amide bonds. The van der Waals surface area contributed by atoms with E-state index in [2.05, 4.69) is 10.3 Å². The van der Waals surface area contributed by atoms with E-state index in [1.807, 2.05) is 6.92 Å². The van der Waals surface area contributed by atoms with Crippen LogP contribution in [0.4, 0.5) is 13.2 Å². The molecule has 1 heterocycles. The minimum absolute atomic E-state index is 0.0594. The quantitative estimate of drug-likeness (QED) is 0.904. The van der Waals surface area contributed by atoms with Crippen LogP contribution >= 0.6 is 0 Å². The molecule has 0 spiro atoms. The van der Waals surface area contributed by atoms with Crippen LogP contribution in [0.5, 0.6) is 0 Å². The van der Waals surface area contributed by atoms with Crippen molar-refractivity contribution in [1.29, 1.82) is 0 Å². The number of nitrogens with one attached hydrogen (secondary N) is 1. The second kappa shape index (κ2) is 6.72. The third-order valence-electron chi connectivity index (χ3n) is 3.28. The van der Waals surface area contributed by atoms with Crippen LogP contribution in [0, 0.1) is 24.4 Å². The Morgan fingerprint density at radius 1 is 1.14 bits per heavy atom. The lowest BCUT2D eigenvalue weighted by molar-refractivity contribution is 0.466. The molecular formula is C16H17F3N2. The highest BCUT2D eigenvalue weighted by atomic mass is 19.2. The summed E-state index contributed by atoms with van der Waals surface area (Å²) in [4.78, 5) is 3.97. The van der Waals surface area contributed by atoms with Gasteiger partial charge >= 0.3 is 0 Å². The van der Waals surface area contributed by atoms with Crippen molar-refractivity contribution in [2.75, 3.05) is 6.54 Å². The van der Waals surface area contributed by atoms with E-state index in [4.69, 9.17) is 0 Å². The van der Waals surface area contributed by atoms with Crippen LogP contribution in [0.3, 0.4) is 0 Å². The van der Waals surface area contributed by atoms with Gasteiger partial charge in [-0.25, -0.2) is 13.2 Å². The van der Waals surface area contributed by atoms with E-state index in [-0.39, 0.29) is 16.8 Å². The first-order valence-electron chi connectivity index (χ1n) is 6.84. The first-order valence-corrected chi connectivity index (χ1v) is 6.84. The number of hydrogen-bond acceptors (Lipinski definition) is 2. The molecule has 2 rings (SSSR count). The lowest BCUT2D eigenvalue weighted by Gasteiger charge is -2.20. The fourth-order valence-corrected chi connectivity index (χ4v) is 2.14. The van der Waals surface area contributed by atoms with Gasteiger partial charge in [-0.15, -0.1) is 0 Å². The molecule has 0 radical (unpaired) electrons. The van der Waals surface area contributed by atoms with Gasteiger partial charge in [-0.3, -0.25) is 4.98 Å². The molecule has 1 N–H and O–H groups in total. The molecule has 112 valence electrons. The molecule has 0 saturated heterocycles. The highest BCUT2D eigenvalue weighted by Crippen LogP contribution is 2.27. The van der Waals surface area contributed by atoms with Crippen molar-refractivity contribution < 1.29 is 13.2 Å². The van der Waals surface area contributed by atoms with Gasteiger partial charge < -0.3 is 5.32 Å². The Morgan fingerprint density at radius 2 is 1.90 bits per heavy atom. The topological polar surface area (TPSA) is 24.9 Å². The third kappa shape index (κ3) is 3.24. The van der Waals surface area contributed by atoms with Crippen LogP contribution in [0.1, 0.15) is 36.2 Å². The number of rotatable bonds is 5. The van der Waals surface area contributed by atoms with Gasteiger partial charge in [0.1, 0.15) is 5.82 Å². The Balaban J connectivity index is 2.51. The van der Waals surface area contributed by atoms with Crippen LogP contribution in [0.2, 0.25) is 0 Å². The van der Waals surface area contributed by atoms with Crippen molar-refractivity contribution in [2.24, 2.45) is 0 Å². The van der Waals surface area contributed by atoms with Gasteiger partial charge in [0, 0.05) is 11.8 Å². The summed E-state index contributed by atoms with van der Waals surface area (Å²) in [5.41, 5.74) is 0.337. The number of benzene rings is 1. The van der Waals surface area contributed by atoms with E-state index < -0.39 is 23.5 Å². The van der Waals surface area contributed by atoms with Crippen LogP contribution in [-0.2, 0) is 0 Å². The summed E-state index contributed by atoms with van der Waals surface area (Å²) in [6.45, 7) is 3.96. The minimum Gasteiger partial charge on any atom is -0.305 e. The Kier molecular flexibility index (Phi) is 4.96. The summed E-state index contributed by atoms with van der Waals surface area (Å²) in [7, 11) is 0. The number of halogens is 3. The summed E-state index contributed by atoms with van der Waals surface area (Å²) in [5.74, 6) is -2.42. The Hall–Kier alpha value is -1.88. The molecule has 21 heavy (non-hydrogen) atoms. The fraction of sp³-hybridized carbons (Fsp3) is 0.312. The van der Waals surface area contributed by atoms with Gasteiger partial charge in [-0.2, -0.15) is 0 Å². The molecule has 0 aliphatic rings. The molecule has 2 aromatic rings. The molecule has 1 unspecified atom stereocenters.